The van der Waals surface area contributed by atoms with E-state index in [0.717, 1.165) is 34.8 Å². The minimum Gasteiger partial charge on any atom is -0.373 e. The zero-order chi connectivity index (χ0) is 11.1. The third-order valence-electron chi connectivity index (χ3n) is 1.72. The van der Waals surface area contributed by atoms with E-state index in [1.165, 1.54) is 0 Å². The monoisotopic (exact) mass is 321 g/mol. The molecule has 1 rings (SSSR count). The molecular formula is C10H16IN3O. The van der Waals surface area contributed by atoms with Crippen LogP contribution in [0.15, 0.2) is 6.20 Å². The number of aromatic nitrogens is 2. The van der Waals surface area contributed by atoms with Crippen LogP contribution < -0.4 is 5.32 Å². The van der Waals surface area contributed by atoms with Crippen molar-refractivity contribution in [1.82, 2.24) is 9.97 Å². The van der Waals surface area contributed by atoms with E-state index in [4.69, 9.17) is 4.74 Å². The quantitative estimate of drug-likeness (QED) is 0.646. The first-order valence-corrected chi connectivity index (χ1v) is 6.18. The van der Waals surface area contributed by atoms with Crippen molar-refractivity contribution in [2.75, 3.05) is 18.5 Å². The van der Waals surface area contributed by atoms with Gasteiger partial charge in [-0.25, -0.2) is 9.97 Å². The number of anilines is 1. The predicted molar refractivity (Wildman–Crippen MR) is 68.9 cm³/mol. The first kappa shape index (κ1) is 12.6. The second-order valence-electron chi connectivity index (χ2n) is 3.07. The van der Waals surface area contributed by atoms with Crippen LogP contribution in [-0.4, -0.2) is 23.1 Å². The van der Waals surface area contributed by atoms with Crippen molar-refractivity contribution >= 4 is 28.4 Å². The molecule has 0 aliphatic heterocycles. The Morgan fingerprint density at radius 1 is 1.47 bits per heavy atom. The molecule has 0 bridgehead atoms. The van der Waals surface area contributed by atoms with Crippen LogP contribution in [0.25, 0.3) is 0 Å². The van der Waals surface area contributed by atoms with Crippen LogP contribution in [0.3, 0.4) is 0 Å². The molecule has 0 saturated heterocycles. The van der Waals surface area contributed by atoms with Gasteiger partial charge in [-0.05, 0) is 35.9 Å². The van der Waals surface area contributed by atoms with Gasteiger partial charge in [-0.15, -0.1) is 0 Å². The summed E-state index contributed by atoms with van der Waals surface area (Å²) in [5.41, 5.74) is 0. The molecule has 0 aliphatic rings. The molecule has 0 aromatic carbocycles. The highest BCUT2D eigenvalue weighted by atomic mass is 127. The summed E-state index contributed by atoms with van der Waals surface area (Å²) in [7, 11) is 0. The molecule has 4 nitrogen and oxygen atoms in total. The predicted octanol–water partition coefficient (Wildman–Crippen LogP) is 2.44. The van der Waals surface area contributed by atoms with Crippen LogP contribution in [0, 0.1) is 3.57 Å². The molecule has 84 valence electrons. The number of ether oxygens (including phenoxy) is 1. The van der Waals surface area contributed by atoms with Crippen LogP contribution >= 0.6 is 22.6 Å². The molecule has 1 aromatic rings. The molecule has 0 unspecified atom stereocenters. The van der Waals surface area contributed by atoms with Gasteiger partial charge in [-0.2, -0.15) is 0 Å². The van der Waals surface area contributed by atoms with Crippen LogP contribution in [0.1, 0.15) is 26.1 Å². The summed E-state index contributed by atoms with van der Waals surface area (Å²) < 4.78 is 6.42. The van der Waals surface area contributed by atoms with Gasteiger partial charge in [0.15, 0.2) is 5.82 Å². The topological polar surface area (TPSA) is 47.0 Å². The number of hydrogen-bond acceptors (Lipinski definition) is 4. The van der Waals surface area contributed by atoms with Crippen LogP contribution in [0.5, 0.6) is 0 Å². The van der Waals surface area contributed by atoms with Crippen molar-refractivity contribution < 1.29 is 4.74 Å². The first-order valence-electron chi connectivity index (χ1n) is 5.11. The lowest BCUT2D eigenvalue weighted by atomic mass is 10.5. The molecule has 1 heterocycles. The van der Waals surface area contributed by atoms with Gasteiger partial charge < -0.3 is 10.1 Å². The Morgan fingerprint density at radius 3 is 2.93 bits per heavy atom. The van der Waals surface area contributed by atoms with Crippen LogP contribution in [0.4, 0.5) is 5.82 Å². The number of nitrogens with one attached hydrogen (secondary N) is 1. The van der Waals surface area contributed by atoms with E-state index in [2.05, 4.69) is 44.8 Å². The normalized spacial score (nSPS) is 10.3. The molecule has 0 atom stereocenters. The van der Waals surface area contributed by atoms with Crippen molar-refractivity contribution in [3.05, 3.63) is 15.6 Å². The molecule has 0 spiro atoms. The summed E-state index contributed by atoms with van der Waals surface area (Å²) in [6.45, 7) is 6.24. The summed E-state index contributed by atoms with van der Waals surface area (Å²) in [5.74, 6) is 1.63. The lowest BCUT2D eigenvalue weighted by Gasteiger charge is -2.07. The largest absolute Gasteiger partial charge is 0.373 e. The third kappa shape index (κ3) is 4.29. The minimum atomic E-state index is 0.489. The van der Waals surface area contributed by atoms with Crippen molar-refractivity contribution in [3.8, 4) is 0 Å². The SMILES string of the molecule is CCCOCc1ncc(I)c(NCC)n1. The van der Waals surface area contributed by atoms with Gasteiger partial charge >= 0.3 is 0 Å². The highest BCUT2D eigenvalue weighted by Gasteiger charge is 2.03. The Labute approximate surface area is 104 Å². The Hall–Kier alpha value is -0.430. The minimum absolute atomic E-state index is 0.489. The summed E-state index contributed by atoms with van der Waals surface area (Å²) in [6, 6.07) is 0. The van der Waals surface area contributed by atoms with E-state index in [0.29, 0.717) is 6.61 Å². The van der Waals surface area contributed by atoms with Crippen LogP contribution in [-0.2, 0) is 11.3 Å². The molecule has 1 N–H and O–H groups in total. The Bertz CT molecular complexity index is 307. The standard InChI is InChI=1S/C10H16IN3O/c1-3-5-15-7-9-13-6-8(11)10(14-9)12-4-2/h6H,3-5,7H2,1-2H3,(H,12,13,14). The van der Waals surface area contributed by atoms with Crippen molar-refractivity contribution in [2.45, 2.75) is 26.9 Å². The highest BCUT2D eigenvalue weighted by Crippen LogP contribution is 2.14. The Morgan fingerprint density at radius 2 is 2.27 bits per heavy atom. The van der Waals surface area contributed by atoms with Crippen molar-refractivity contribution in [3.63, 3.8) is 0 Å². The van der Waals surface area contributed by atoms with Gasteiger partial charge in [0, 0.05) is 19.3 Å². The van der Waals surface area contributed by atoms with Crippen molar-refractivity contribution in [2.24, 2.45) is 0 Å². The lowest BCUT2D eigenvalue weighted by Crippen LogP contribution is -2.07. The molecule has 0 radical (unpaired) electrons. The van der Waals surface area contributed by atoms with Gasteiger partial charge in [0.1, 0.15) is 12.4 Å². The van der Waals surface area contributed by atoms with E-state index >= 15 is 0 Å². The maximum absolute atomic E-state index is 5.39. The van der Waals surface area contributed by atoms with Gasteiger partial charge in [-0.1, -0.05) is 6.92 Å². The van der Waals surface area contributed by atoms with E-state index in [9.17, 15) is 0 Å². The molecule has 5 heteroatoms. The van der Waals surface area contributed by atoms with Gasteiger partial charge in [0.25, 0.3) is 0 Å². The number of halogens is 1. The molecule has 15 heavy (non-hydrogen) atoms. The number of rotatable bonds is 6. The molecule has 0 saturated carbocycles. The fourth-order valence-corrected chi connectivity index (χ4v) is 1.52. The molecule has 1 aromatic heterocycles. The molecular weight excluding hydrogens is 305 g/mol. The fraction of sp³-hybridized carbons (Fsp3) is 0.600. The van der Waals surface area contributed by atoms with E-state index in [-0.39, 0.29) is 0 Å². The van der Waals surface area contributed by atoms with E-state index < -0.39 is 0 Å². The summed E-state index contributed by atoms with van der Waals surface area (Å²) >= 11 is 2.22. The highest BCUT2D eigenvalue weighted by molar-refractivity contribution is 14.1. The molecule has 0 fully saturated rings. The fourth-order valence-electron chi connectivity index (χ4n) is 1.07. The first-order chi connectivity index (χ1) is 7.27. The molecule has 0 aliphatic carbocycles. The number of nitrogens with zero attached hydrogens (tertiary/aromatic N) is 2. The maximum atomic E-state index is 5.39. The van der Waals surface area contributed by atoms with Crippen molar-refractivity contribution in [1.29, 1.82) is 0 Å². The zero-order valence-electron chi connectivity index (χ0n) is 9.09. The van der Waals surface area contributed by atoms with E-state index in [1.807, 2.05) is 13.1 Å². The Kier molecular flexibility index (Phi) is 5.85. The maximum Gasteiger partial charge on any atom is 0.156 e. The Balaban J connectivity index is 2.61. The second kappa shape index (κ2) is 6.95. The number of hydrogen-bond donors (Lipinski definition) is 1. The van der Waals surface area contributed by atoms with Gasteiger partial charge in [0.05, 0.1) is 3.57 Å². The average Bonchev–Trinajstić information content (AvgIpc) is 2.23. The summed E-state index contributed by atoms with van der Waals surface area (Å²) in [4.78, 5) is 8.59. The zero-order valence-corrected chi connectivity index (χ0v) is 11.2. The average molecular weight is 321 g/mol. The van der Waals surface area contributed by atoms with Crippen LogP contribution in [0.2, 0.25) is 0 Å². The van der Waals surface area contributed by atoms with E-state index in [1.54, 1.807) is 0 Å². The lowest BCUT2D eigenvalue weighted by molar-refractivity contribution is 0.116. The smallest absolute Gasteiger partial charge is 0.156 e. The second-order valence-corrected chi connectivity index (χ2v) is 4.23. The molecule has 0 amide bonds. The van der Waals surface area contributed by atoms with Gasteiger partial charge in [0.2, 0.25) is 0 Å². The van der Waals surface area contributed by atoms with Gasteiger partial charge in [-0.3, -0.25) is 0 Å². The summed E-state index contributed by atoms with van der Waals surface area (Å²) in [6.07, 6.45) is 2.83. The third-order valence-corrected chi connectivity index (χ3v) is 2.51. The summed E-state index contributed by atoms with van der Waals surface area (Å²) in [5, 5.41) is 3.19.